The summed E-state index contributed by atoms with van der Waals surface area (Å²) in [4.78, 5) is 12.3. The van der Waals surface area contributed by atoms with E-state index >= 15 is 0 Å². The molecule has 0 bridgehead atoms. The number of hydrogen-bond acceptors (Lipinski definition) is 3. The van der Waals surface area contributed by atoms with Crippen LogP contribution in [0.25, 0.3) is 0 Å². The lowest BCUT2D eigenvalue weighted by molar-refractivity contribution is -0.900. The second-order valence-corrected chi connectivity index (χ2v) is 7.72. The lowest BCUT2D eigenvalue weighted by Crippen LogP contribution is -3.00. The number of carbonyl (C=O) groups excluding carboxylic acids is 1. The number of likely N-dealkylation sites (tertiary alicyclic amines) is 1. The quantitative estimate of drug-likeness (QED) is 0.536. The molecule has 1 saturated heterocycles. The Morgan fingerprint density at radius 2 is 1.79 bits per heavy atom. The van der Waals surface area contributed by atoms with Crippen molar-refractivity contribution in [2.45, 2.75) is 31.8 Å². The van der Waals surface area contributed by atoms with Crippen molar-refractivity contribution >= 4 is 5.97 Å². The van der Waals surface area contributed by atoms with E-state index in [-0.39, 0.29) is 29.1 Å². The summed E-state index contributed by atoms with van der Waals surface area (Å²) in [6, 6.07) is 7.14. The van der Waals surface area contributed by atoms with Crippen LogP contribution < -0.4 is 21.7 Å². The zero-order valence-corrected chi connectivity index (χ0v) is 16.4. The molecule has 4 nitrogen and oxygen atoms in total. The van der Waals surface area contributed by atoms with Gasteiger partial charge >= 0.3 is 5.97 Å². The van der Waals surface area contributed by atoms with Crippen molar-refractivity contribution in [2.75, 3.05) is 34.3 Å². The average Bonchev–Trinajstić information content (AvgIpc) is 2.53. The Bertz CT molecular complexity index is 558. The van der Waals surface area contributed by atoms with Gasteiger partial charge in [0.1, 0.15) is 11.9 Å². The molecule has 1 heterocycles. The van der Waals surface area contributed by atoms with Crippen LogP contribution >= 0.6 is 0 Å². The molecule has 1 aromatic rings. The van der Waals surface area contributed by atoms with Crippen molar-refractivity contribution in [2.24, 2.45) is 11.8 Å². The van der Waals surface area contributed by atoms with Gasteiger partial charge in [-0.25, -0.2) is 4.79 Å². The van der Waals surface area contributed by atoms with Crippen LogP contribution in [-0.2, 0) is 4.74 Å². The van der Waals surface area contributed by atoms with Gasteiger partial charge in [0.25, 0.3) is 0 Å². The highest BCUT2D eigenvalue weighted by molar-refractivity contribution is 5.89. The van der Waals surface area contributed by atoms with Crippen LogP contribution in [-0.4, -0.2) is 50.9 Å². The summed E-state index contributed by atoms with van der Waals surface area (Å²) in [5.74, 6) is 2.07. The van der Waals surface area contributed by atoms with Crippen LogP contribution in [0.1, 0.15) is 36.0 Å². The molecule has 1 aliphatic heterocycles. The number of fused-ring (bicyclic) bond motifs is 1. The van der Waals surface area contributed by atoms with Crippen LogP contribution in [0.3, 0.4) is 0 Å². The molecule has 0 spiro atoms. The minimum Gasteiger partial charge on any atom is -1.00 e. The van der Waals surface area contributed by atoms with E-state index in [0.717, 1.165) is 29.0 Å². The number of halogens is 1. The normalized spacial score (nSPS) is 28.2. The van der Waals surface area contributed by atoms with Crippen molar-refractivity contribution in [3.63, 3.8) is 0 Å². The molecule has 134 valence electrons. The van der Waals surface area contributed by atoms with Crippen LogP contribution in [0, 0.1) is 11.8 Å². The summed E-state index contributed by atoms with van der Waals surface area (Å²) in [6.07, 6.45) is 4.62. The molecule has 2 fully saturated rings. The Balaban J connectivity index is 0.00000208. The first-order chi connectivity index (χ1) is 11.0. The van der Waals surface area contributed by atoms with Crippen molar-refractivity contribution in [3.8, 4) is 5.75 Å². The minimum absolute atomic E-state index is 0. The second kappa shape index (κ2) is 7.87. The van der Waals surface area contributed by atoms with Crippen molar-refractivity contribution in [3.05, 3.63) is 29.8 Å². The van der Waals surface area contributed by atoms with E-state index in [0.29, 0.717) is 11.5 Å². The summed E-state index contributed by atoms with van der Waals surface area (Å²) in [5.41, 5.74) is 0.604. The summed E-state index contributed by atoms with van der Waals surface area (Å²) in [7, 11) is 6.24. The third kappa shape index (κ3) is 4.51. The highest BCUT2D eigenvalue weighted by Gasteiger charge is 2.40. The first kappa shape index (κ1) is 19.3. The molecule has 3 rings (SSSR count). The first-order valence-corrected chi connectivity index (χ1v) is 8.64. The molecule has 2 aliphatic rings. The van der Waals surface area contributed by atoms with E-state index in [9.17, 15) is 4.79 Å². The number of methoxy groups -OCH3 is 1. The van der Waals surface area contributed by atoms with Gasteiger partial charge in [-0.05, 0) is 55.9 Å². The van der Waals surface area contributed by atoms with Gasteiger partial charge in [-0.3, -0.25) is 0 Å². The Labute approximate surface area is 155 Å². The maximum atomic E-state index is 12.3. The molecule has 0 N–H and O–H groups in total. The number of nitrogens with zero attached hydrogens (tertiary/aromatic N) is 1. The minimum atomic E-state index is -0.208. The number of rotatable bonds is 3. The van der Waals surface area contributed by atoms with Gasteiger partial charge in [-0.2, -0.15) is 0 Å². The standard InChI is InChI=1S/C19H28NO3.BrH/c1-20(2)11-10-14-4-9-18(12-16(14)13-20)23-19(21)15-5-7-17(22-3)8-6-15;/h5-8,14,16,18H,4,9-13H2,1-3H3;1H/q+1;/p-1/t14-,16+,18+;/m0./s1. The predicted octanol–water partition coefficient (Wildman–Crippen LogP) is 0.121. The first-order valence-electron chi connectivity index (χ1n) is 8.64. The summed E-state index contributed by atoms with van der Waals surface area (Å²) in [5, 5.41) is 0. The number of ether oxygens (including phenoxy) is 2. The largest absolute Gasteiger partial charge is 1.00 e. The lowest BCUT2D eigenvalue weighted by Gasteiger charge is -2.45. The molecule has 0 unspecified atom stereocenters. The predicted molar refractivity (Wildman–Crippen MR) is 89.5 cm³/mol. The smallest absolute Gasteiger partial charge is 0.338 e. The van der Waals surface area contributed by atoms with E-state index < -0.39 is 0 Å². The van der Waals surface area contributed by atoms with Crippen LogP contribution in [0.2, 0.25) is 0 Å². The molecule has 3 atom stereocenters. The van der Waals surface area contributed by atoms with Gasteiger partial charge in [-0.1, -0.05) is 0 Å². The lowest BCUT2D eigenvalue weighted by atomic mass is 9.73. The Hall–Kier alpha value is -1.07. The highest BCUT2D eigenvalue weighted by Crippen LogP contribution is 2.38. The van der Waals surface area contributed by atoms with Gasteiger partial charge in [-0.15, -0.1) is 0 Å². The van der Waals surface area contributed by atoms with Crippen molar-refractivity contribution in [1.29, 1.82) is 0 Å². The number of benzene rings is 1. The number of piperidine rings is 1. The van der Waals surface area contributed by atoms with Crippen molar-refractivity contribution in [1.82, 2.24) is 0 Å². The van der Waals surface area contributed by atoms with Crippen LogP contribution in [0.5, 0.6) is 5.75 Å². The average molecular weight is 398 g/mol. The molecular formula is C19H28BrNO3. The SMILES string of the molecule is COc1ccc(C(=O)O[C@@H]2CC[C@H]3CC[N+](C)(C)C[C@H]3C2)cc1.[Br-]. The molecule has 0 radical (unpaired) electrons. The maximum absolute atomic E-state index is 12.3. The van der Waals surface area contributed by atoms with Gasteiger partial charge in [0.2, 0.25) is 0 Å². The van der Waals surface area contributed by atoms with E-state index in [1.165, 1.54) is 25.9 Å². The van der Waals surface area contributed by atoms with Gasteiger partial charge < -0.3 is 30.9 Å². The molecule has 1 aromatic carbocycles. The number of esters is 1. The molecule has 0 aromatic heterocycles. The monoisotopic (exact) mass is 397 g/mol. The van der Waals surface area contributed by atoms with Gasteiger partial charge in [0.05, 0.1) is 39.9 Å². The van der Waals surface area contributed by atoms with E-state index in [4.69, 9.17) is 9.47 Å². The molecular weight excluding hydrogens is 370 g/mol. The number of hydrogen-bond donors (Lipinski definition) is 0. The zero-order valence-electron chi connectivity index (χ0n) is 14.8. The molecule has 5 heteroatoms. The van der Waals surface area contributed by atoms with Crippen molar-refractivity contribution < 1.29 is 35.7 Å². The van der Waals surface area contributed by atoms with E-state index in [1.54, 1.807) is 31.4 Å². The second-order valence-electron chi connectivity index (χ2n) is 7.72. The number of carbonyl (C=O) groups is 1. The Morgan fingerprint density at radius 1 is 1.08 bits per heavy atom. The molecule has 1 aliphatic carbocycles. The fraction of sp³-hybridized carbons (Fsp3) is 0.632. The van der Waals surface area contributed by atoms with Gasteiger partial charge in [0, 0.05) is 5.92 Å². The van der Waals surface area contributed by atoms with Crippen LogP contribution in [0.4, 0.5) is 0 Å². The number of quaternary nitrogens is 1. The Morgan fingerprint density at radius 3 is 2.46 bits per heavy atom. The highest BCUT2D eigenvalue weighted by atomic mass is 79.9. The van der Waals surface area contributed by atoms with E-state index in [2.05, 4.69) is 14.1 Å². The summed E-state index contributed by atoms with van der Waals surface area (Å²) in [6.45, 7) is 2.48. The van der Waals surface area contributed by atoms with Crippen LogP contribution in [0.15, 0.2) is 24.3 Å². The maximum Gasteiger partial charge on any atom is 0.338 e. The third-order valence-corrected chi connectivity index (χ3v) is 5.53. The molecule has 0 amide bonds. The molecule has 24 heavy (non-hydrogen) atoms. The van der Waals surface area contributed by atoms with E-state index in [1.807, 2.05) is 0 Å². The third-order valence-electron chi connectivity index (χ3n) is 5.53. The molecule has 1 saturated carbocycles. The topological polar surface area (TPSA) is 35.5 Å². The fourth-order valence-corrected chi connectivity index (χ4v) is 4.18. The van der Waals surface area contributed by atoms with Gasteiger partial charge in [0.15, 0.2) is 0 Å². The summed E-state index contributed by atoms with van der Waals surface area (Å²) >= 11 is 0. The zero-order chi connectivity index (χ0) is 16.4. The summed E-state index contributed by atoms with van der Waals surface area (Å²) < 4.78 is 12.0. The Kier molecular flexibility index (Phi) is 6.32. The fourth-order valence-electron chi connectivity index (χ4n) is 4.18.